The highest BCUT2D eigenvalue weighted by atomic mass is 16.6. The number of benzene rings is 8. The molecule has 0 saturated heterocycles. The van der Waals surface area contributed by atoms with Gasteiger partial charge in [0.25, 0.3) is 0 Å². The van der Waals surface area contributed by atoms with Gasteiger partial charge in [-0.05, 0) is 170 Å². The standard InChI is InChI=1S/C22H27NO3.2C21H24N2O.C20H23N3O2/c1-15-13-19-20(26-12-11-25-19)14-18(15)23-21(24)10-7-16-5-8-17(9-6-16)22(2,3)4;1-21(2,3)17-8-4-15(5-9-17)6-11-20(24)23-18-10-7-16-12-13-22-19(16)14-18;1-21(2,3)16-10-7-15(8-11-16)9-12-20(24)23-19-6-4-5-18-17(19)13-14-22-18;1-20(2,3)14-7-4-13(5-8-14)6-11-18(24)21-15-9-10-16-17(12-15)23-19(25)22-16/h5-6,8-9,13-14H,7,10-12H2,1-4H3,(H,23,24);4-5,7-10,12-14,22H,6,11H2,1-3H3,(H,23,24);4-8,10-11,13-14,22H,9,12H2,1-3H3,(H,23,24);4-5,7-10,12H,6,11H2,1-3H3,(H,21,24)(H2,22,23,25). The van der Waals surface area contributed by atoms with Crippen molar-refractivity contribution >= 4 is 79.2 Å². The summed E-state index contributed by atoms with van der Waals surface area (Å²) in [5.74, 6) is 1.48. The number of carbonyl (C=O) groups is 4. The normalized spacial score (nSPS) is 12.1. The number of carbonyl (C=O) groups excluding carboxylic acids is 4. The van der Waals surface area contributed by atoms with Crippen molar-refractivity contribution in [1.29, 1.82) is 0 Å². The van der Waals surface area contributed by atoms with Crippen LogP contribution in [0.1, 0.15) is 159 Å². The fraction of sp³-hybridized carbons (Fsp3) is 0.321. The van der Waals surface area contributed by atoms with Gasteiger partial charge in [0.2, 0.25) is 23.6 Å². The number of nitrogens with one attached hydrogen (secondary N) is 8. The molecule has 12 rings (SSSR count). The Bertz CT molecular complexity index is 4580. The van der Waals surface area contributed by atoms with E-state index in [2.05, 4.69) is 221 Å². The van der Waals surface area contributed by atoms with E-state index in [1.54, 1.807) is 18.2 Å². The number of aromatic amines is 4. The first-order valence-corrected chi connectivity index (χ1v) is 34.3. The van der Waals surface area contributed by atoms with Crippen LogP contribution in [0.25, 0.3) is 32.8 Å². The first-order chi connectivity index (χ1) is 47.0. The quantitative estimate of drug-likeness (QED) is 0.0468. The first kappa shape index (κ1) is 72.8. The fourth-order valence-corrected chi connectivity index (χ4v) is 11.3. The lowest BCUT2D eigenvalue weighted by Gasteiger charge is -2.20. The lowest BCUT2D eigenvalue weighted by Crippen LogP contribution is -2.17. The maximum Gasteiger partial charge on any atom is 0.323 e. The lowest BCUT2D eigenvalue weighted by molar-refractivity contribution is -0.117. The largest absolute Gasteiger partial charge is 0.486 e. The highest BCUT2D eigenvalue weighted by Gasteiger charge is 2.19. The van der Waals surface area contributed by atoms with Gasteiger partial charge in [-0.1, -0.05) is 192 Å². The van der Waals surface area contributed by atoms with Gasteiger partial charge in [0.05, 0.1) is 16.7 Å². The van der Waals surface area contributed by atoms with Crippen molar-refractivity contribution in [2.24, 2.45) is 0 Å². The van der Waals surface area contributed by atoms with Crippen molar-refractivity contribution in [1.82, 2.24) is 19.9 Å². The average molecular weight is 1330 g/mol. The third kappa shape index (κ3) is 21.5. The third-order valence-electron chi connectivity index (χ3n) is 17.5. The summed E-state index contributed by atoms with van der Waals surface area (Å²) in [4.78, 5) is 71.9. The first-order valence-electron chi connectivity index (χ1n) is 34.3. The molecule has 0 radical (unpaired) electrons. The molecule has 3 aromatic heterocycles. The lowest BCUT2D eigenvalue weighted by atomic mass is 9.86. The Kier molecular flexibility index (Phi) is 23.8. The molecule has 4 heterocycles. The second-order valence-corrected chi connectivity index (χ2v) is 29.7. The summed E-state index contributed by atoms with van der Waals surface area (Å²) in [6, 6.07) is 59.0. The van der Waals surface area contributed by atoms with Crippen LogP contribution in [0.3, 0.4) is 0 Å². The van der Waals surface area contributed by atoms with Crippen LogP contribution in [0.2, 0.25) is 0 Å². The number of amides is 4. The summed E-state index contributed by atoms with van der Waals surface area (Å²) >= 11 is 0. The fourth-order valence-electron chi connectivity index (χ4n) is 11.3. The number of anilines is 4. The zero-order valence-electron chi connectivity index (χ0n) is 59.8. The molecule has 0 bridgehead atoms. The molecule has 15 nitrogen and oxygen atoms in total. The molecule has 15 heteroatoms. The summed E-state index contributed by atoms with van der Waals surface area (Å²) in [6.07, 6.45) is 8.53. The average Bonchev–Trinajstić information content (AvgIpc) is 1.83. The van der Waals surface area contributed by atoms with Crippen molar-refractivity contribution < 1.29 is 28.7 Å². The van der Waals surface area contributed by atoms with Crippen molar-refractivity contribution in [3.63, 3.8) is 0 Å². The molecule has 516 valence electrons. The monoisotopic (exact) mass is 1330 g/mol. The summed E-state index contributed by atoms with van der Waals surface area (Å²) in [5.41, 5.74) is 17.9. The molecular weight excluding hydrogens is 1230 g/mol. The van der Waals surface area contributed by atoms with Crippen LogP contribution in [-0.2, 0) is 66.5 Å². The van der Waals surface area contributed by atoms with Crippen molar-refractivity contribution in [3.8, 4) is 11.5 Å². The number of imidazole rings is 1. The number of rotatable bonds is 16. The van der Waals surface area contributed by atoms with Crippen LogP contribution >= 0.6 is 0 Å². The molecule has 0 atom stereocenters. The predicted molar refractivity (Wildman–Crippen MR) is 406 cm³/mol. The van der Waals surface area contributed by atoms with Crippen molar-refractivity contribution in [2.45, 2.75) is 163 Å². The Hall–Kier alpha value is -10.4. The van der Waals surface area contributed by atoms with E-state index < -0.39 is 0 Å². The van der Waals surface area contributed by atoms with Crippen LogP contribution in [0.5, 0.6) is 11.5 Å². The van der Waals surface area contributed by atoms with Crippen LogP contribution in [0.15, 0.2) is 193 Å². The molecule has 1 aliphatic rings. The van der Waals surface area contributed by atoms with E-state index in [0.717, 1.165) is 80.5 Å². The van der Waals surface area contributed by atoms with Gasteiger partial charge >= 0.3 is 5.69 Å². The minimum absolute atomic E-state index is 0.00433. The SMILES string of the molecule is CC(C)(C)c1ccc(CCC(=O)Nc2ccc3[nH]c(=O)[nH]c3c2)cc1.CC(C)(C)c1ccc(CCC(=O)Nc2ccc3cc[nH]c3c2)cc1.CC(C)(C)c1ccc(CCC(=O)Nc2cccc3[nH]ccc23)cc1.Cc1cc2c(cc1NC(=O)CCc1ccc(C(C)(C)C)cc1)OCCO2. The highest BCUT2D eigenvalue weighted by Crippen LogP contribution is 2.36. The van der Waals surface area contributed by atoms with Gasteiger partial charge in [-0.25, -0.2) is 4.79 Å². The molecule has 4 amide bonds. The van der Waals surface area contributed by atoms with E-state index in [-0.39, 0.29) is 51.0 Å². The van der Waals surface area contributed by atoms with Crippen molar-refractivity contribution in [3.05, 3.63) is 249 Å². The summed E-state index contributed by atoms with van der Waals surface area (Å²) in [5, 5.41) is 14.0. The molecule has 99 heavy (non-hydrogen) atoms. The van der Waals surface area contributed by atoms with Crippen molar-refractivity contribution in [2.75, 3.05) is 34.5 Å². The zero-order valence-corrected chi connectivity index (χ0v) is 59.8. The topological polar surface area (TPSA) is 215 Å². The van der Waals surface area contributed by atoms with E-state index in [1.807, 2.05) is 80.0 Å². The number of aromatic nitrogens is 4. The minimum atomic E-state index is -0.253. The predicted octanol–water partition coefficient (Wildman–Crippen LogP) is 18.4. The molecule has 0 spiro atoms. The maximum atomic E-state index is 12.3. The summed E-state index contributed by atoms with van der Waals surface area (Å²) in [6.45, 7) is 29.4. The van der Waals surface area contributed by atoms with E-state index in [4.69, 9.17) is 9.47 Å². The molecule has 0 fully saturated rings. The Morgan fingerprint density at radius 2 is 0.768 bits per heavy atom. The molecule has 8 N–H and O–H groups in total. The number of hydrogen-bond acceptors (Lipinski definition) is 7. The molecule has 1 aliphatic heterocycles. The van der Waals surface area contributed by atoms with E-state index in [1.165, 1.54) is 38.9 Å². The number of hydrogen-bond donors (Lipinski definition) is 8. The number of aryl methyl sites for hydroxylation is 5. The smallest absolute Gasteiger partial charge is 0.323 e. The number of ether oxygens (including phenoxy) is 2. The van der Waals surface area contributed by atoms with E-state index >= 15 is 0 Å². The Morgan fingerprint density at radius 1 is 0.384 bits per heavy atom. The molecule has 0 aliphatic carbocycles. The van der Waals surface area contributed by atoms with Gasteiger partial charge in [0, 0.05) is 77.6 Å². The zero-order chi connectivity index (χ0) is 71.1. The van der Waals surface area contributed by atoms with Crippen LogP contribution in [0.4, 0.5) is 22.7 Å². The Balaban J connectivity index is 0.000000154. The van der Waals surface area contributed by atoms with Gasteiger partial charge in [-0.15, -0.1) is 0 Å². The molecule has 11 aromatic rings. The third-order valence-corrected chi connectivity index (χ3v) is 17.5. The van der Waals surface area contributed by atoms with Gasteiger partial charge in [0.1, 0.15) is 13.2 Å². The highest BCUT2D eigenvalue weighted by molar-refractivity contribution is 6.01. The maximum absolute atomic E-state index is 12.3. The van der Waals surface area contributed by atoms with Crippen LogP contribution < -0.4 is 36.4 Å². The second kappa shape index (κ2) is 32.3. The van der Waals surface area contributed by atoms with E-state index in [0.29, 0.717) is 62.3 Å². The number of H-pyrrole nitrogens is 4. The van der Waals surface area contributed by atoms with Gasteiger partial charge in [-0.3, -0.25) is 19.2 Å². The number of fused-ring (bicyclic) bond motifs is 4. The molecule has 0 saturated carbocycles. The van der Waals surface area contributed by atoms with Crippen LogP contribution in [0, 0.1) is 6.92 Å². The van der Waals surface area contributed by atoms with Gasteiger partial charge in [-0.2, -0.15) is 0 Å². The van der Waals surface area contributed by atoms with Gasteiger partial charge < -0.3 is 50.7 Å². The van der Waals surface area contributed by atoms with E-state index in [9.17, 15) is 24.0 Å². The van der Waals surface area contributed by atoms with Gasteiger partial charge in [0.15, 0.2) is 11.5 Å². The van der Waals surface area contributed by atoms with Crippen LogP contribution in [-0.4, -0.2) is 56.8 Å². The second-order valence-electron chi connectivity index (χ2n) is 29.7. The summed E-state index contributed by atoms with van der Waals surface area (Å²) < 4.78 is 11.2. The molecule has 0 unspecified atom stereocenters. The Labute approximate surface area is 582 Å². The Morgan fingerprint density at radius 3 is 1.22 bits per heavy atom. The molecule has 8 aromatic carbocycles. The molecular formula is C84H98N8O7. The minimum Gasteiger partial charge on any atom is -0.486 e. The summed E-state index contributed by atoms with van der Waals surface area (Å²) in [7, 11) is 0.